The van der Waals surface area contributed by atoms with Crippen LogP contribution in [0.2, 0.25) is 0 Å². The Hall–Kier alpha value is -0.350. The van der Waals surface area contributed by atoms with Crippen molar-refractivity contribution < 1.29 is 0 Å². The summed E-state index contributed by atoms with van der Waals surface area (Å²) >= 11 is 2.43. The molecule has 0 radical (unpaired) electrons. The van der Waals surface area contributed by atoms with Crippen molar-refractivity contribution in [3.8, 4) is 0 Å². The Balaban J connectivity index is 2.95. The van der Waals surface area contributed by atoms with Crippen LogP contribution < -0.4 is 5.32 Å². The molecule has 0 aliphatic heterocycles. The predicted octanol–water partition coefficient (Wildman–Crippen LogP) is 4.22. The first kappa shape index (κ1) is 13.7. The van der Waals surface area contributed by atoms with Crippen LogP contribution in [-0.2, 0) is 0 Å². The summed E-state index contributed by atoms with van der Waals surface area (Å²) in [6.07, 6.45) is 2.08. The lowest BCUT2D eigenvalue weighted by atomic mass is 9.97. The fourth-order valence-electron chi connectivity index (χ4n) is 1.74. The molecule has 0 heterocycles. The van der Waals surface area contributed by atoms with Gasteiger partial charge in [-0.1, -0.05) is 37.3 Å². The molecule has 2 heteroatoms. The quantitative estimate of drug-likeness (QED) is 0.630. The number of halogens is 1. The molecule has 0 fully saturated rings. The summed E-state index contributed by atoms with van der Waals surface area (Å²) in [6, 6.07) is 6.89. The van der Waals surface area contributed by atoms with E-state index < -0.39 is 0 Å². The smallest absolute Gasteiger partial charge is 0.0365 e. The van der Waals surface area contributed by atoms with Crippen LogP contribution in [0, 0.1) is 10.5 Å². The van der Waals surface area contributed by atoms with Crippen LogP contribution in [0.25, 0.3) is 0 Å². The standard InChI is InChI=1S/C14H20IN/c1-5-10(2)9-13(16-4)12-8-6-7-11(3)14(12)15/h6-8,13,16H,2,5,9H2,1,3-4H3. The second-order valence-corrected chi connectivity index (χ2v) is 5.21. The first-order valence-corrected chi connectivity index (χ1v) is 6.77. The summed E-state index contributed by atoms with van der Waals surface area (Å²) in [4.78, 5) is 0. The van der Waals surface area contributed by atoms with Crippen molar-refractivity contribution >= 4 is 22.6 Å². The van der Waals surface area contributed by atoms with Gasteiger partial charge in [0.2, 0.25) is 0 Å². The minimum atomic E-state index is 0.388. The zero-order chi connectivity index (χ0) is 12.1. The molecular weight excluding hydrogens is 309 g/mol. The van der Waals surface area contributed by atoms with Crippen LogP contribution in [-0.4, -0.2) is 7.05 Å². The van der Waals surface area contributed by atoms with E-state index >= 15 is 0 Å². The summed E-state index contributed by atoms with van der Waals surface area (Å²) in [5.41, 5.74) is 4.04. The molecule has 1 unspecified atom stereocenters. The Morgan fingerprint density at radius 2 is 2.19 bits per heavy atom. The molecule has 16 heavy (non-hydrogen) atoms. The first-order valence-electron chi connectivity index (χ1n) is 5.69. The molecule has 1 aromatic carbocycles. The van der Waals surface area contributed by atoms with Gasteiger partial charge in [0, 0.05) is 9.61 Å². The summed E-state index contributed by atoms with van der Waals surface area (Å²) in [5.74, 6) is 0. The molecule has 1 N–H and O–H groups in total. The van der Waals surface area contributed by atoms with Crippen molar-refractivity contribution in [1.29, 1.82) is 0 Å². The van der Waals surface area contributed by atoms with Gasteiger partial charge in [-0.2, -0.15) is 0 Å². The van der Waals surface area contributed by atoms with Crippen molar-refractivity contribution in [2.75, 3.05) is 7.05 Å². The molecule has 88 valence electrons. The molecule has 0 saturated heterocycles. The summed E-state index contributed by atoms with van der Waals surface area (Å²) < 4.78 is 1.36. The molecule has 0 aliphatic rings. The van der Waals surface area contributed by atoms with Crippen LogP contribution in [0.3, 0.4) is 0 Å². The highest BCUT2D eigenvalue weighted by atomic mass is 127. The van der Waals surface area contributed by atoms with Gasteiger partial charge in [-0.05, 0) is 60.5 Å². The largest absolute Gasteiger partial charge is 0.313 e. The van der Waals surface area contributed by atoms with E-state index in [4.69, 9.17) is 0 Å². The van der Waals surface area contributed by atoms with Gasteiger partial charge < -0.3 is 5.32 Å². The number of benzene rings is 1. The van der Waals surface area contributed by atoms with Crippen molar-refractivity contribution in [3.63, 3.8) is 0 Å². The van der Waals surface area contributed by atoms with Crippen molar-refractivity contribution in [2.24, 2.45) is 0 Å². The number of hydrogen-bond donors (Lipinski definition) is 1. The lowest BCUT2D eigenvalue weighted by Crippen LogP contribution is -2.18. The van der Waals surface area contributed by atoms with Gasteiger partial charge in [0.25, 0.3) is 0 Å². The first-order chi connectivity index (χ1) is 7.60. The molecule has 0 aromatic heterocycles. The average molecular weight is 329 g/mol. The normalized spacial score (nSPS) is 12.5. The van der Waals surface area contributed by atoms with E-state index in [9.17, 15) is 0 Å². The van der Waals surface area contributed by atoms with Crippen LogP contribution in [0.4, 0.5) is 0 Å². The molecule has 0 spiro atoms. The van der Waals surface area contributed by atoms with Gasteiger partial charge in [0.15, 0.2) is 0 Å². The third-order valence-corrected chi connectivity index (χ3v) is 4.41. The van der Waals surface area contributed by atoms with Crippen LogP contribution >= 0.6 is 22.6 Å². The lowest BCUT2D eigenvalue weighted by molar-refractivity contribution is 0.580. The molecule has 0 saturated carbocycles. The van der Waals surface area contributed by atoms with E-state index in [0.29, 0.717) is 6.04 Å². The van der Waals surface area contributed by atoms with Gasteiger partial charge >= 0.3 is 0 Å². The Bertz CT molecular complexity index is 371. The highest BCUT2D eigenvalue weighted by Crippen LogP contribution is 2.27. The van der Waals surface area contributed by atoms with E-state index in [-0.39, 0.29) is 0 Å². The SMILES string of the molecule is C=C(CC)CC(NC)c1cccc(C)c1I. The van der Waals surface area contributed by atoms with Gasteiger partial charge in [0.1, 0.15) is 0 Å². The van der Waals surface area contributed by atoms with E-state index in [0.717, 1.165) is 12.8 Å². The third-order valence-electron chi connectivity index (χ3n) is 2.94. The van der Waals surface area contributed by atoms with Gasteiger partial charge in [0.05, 0.1) is 0 Å². The molecule has 0 aliphatic carbocycles. The van der Waals surface area contributed by atoms with Crippen LogP contribution in [0.15, 0.2) is 30.4 Å². The summed E-state index contributed by atoms with van der Waals surface area (Å²) in [7, 11) is 2.02. The maximum absolute atomic E-state index is 4.10. The number of nitrogens with one attached hydrogen (secondary N) is 1. The fraction of sp³-hybridized carbons (Fsp3) is 0.429. The monoisotopic (exact) mass is 329 g/mol. The Kier molecular flexibility index (Phi) is 5.49. The Morgan fingerprint density at radius 3 is 2.75 bits per heavy atom. The molecule has 1 rings (SSSR count). The zero-order valence-electron chi connectivity index (χ0n) is 10.3. The maximum atomic E-state index is 4.10. The van der Waals surface area contributed by atoms with E-state index in [1.807, 2.05) is 7.05 Å². The fourth-order valence-corrected chi connectivity index (χ4v) is 2.48. The second kappa shape index (κ2) is 6.40. The zero-order valence-corrected chi connectivity index (χ0v) is 12.5. The van der Waals surface area contributed by atoms with E-state index in [1.165, 1.54) is 20.3 Å². The molecular formula is C14H20IN. The van der Waals surface area contributed by atoms with Gasteiger partial charge in [-0.25, -0.2) is 0 Å². The van der Waals surface area contributed by atoms with Crippen molar-refractivity contribution in [3.05, 3.63) is 45.0 Å². The lowest BCUT2D eigenvalue weighted by Gasteiger charge is -2.20. The third kappa shape index (κ3) is 3.32. The molecule has 1 atom stereocenters. The minimum Gasteiger partial charge on any atom is -0.313 e. The second-order valence-electron chi connectivity index (χ2n) is 4.13. The van der Waals surface area contributed by atoms with Crippen molar-refractivity contribution in [1.82, 2.24) is 5.32 Å². The van der Waals surface area contributed by atoms with Crippen LogP contribution in [0.5, 0.6) is 0 Å². The topological polar surface area (TPSA) is 12.0 Å². The Morgan fingerprint density at radius 1 is 1.50 bits per heavy atom. The minimum absolute atomic E-state index is 0.388. The van der Waals surface area contributed by atoms with Gasteiger partial charge in [-0.3, -0.25) is 0 Å². The average Bonchev–Trinajstić information content (AvgIpc) is 2.29. The molecule has 1 nitrogen and oxygen atoms in total. The predicted molar refractivity (Wildman–Crippen MR) is 79.7 cm³/mol. The molecule has 1 aromatic rings. The summed E-state index contributed by atoms with van der Waals surface area (Å²) in [5, 5.41) is 3.39. The summed E-state index contributed by atoms with van der Waals surface area (Å²) in [6.45, 7) is 8.42. The number of aryl methyl sites for hydroxylation is 1. The highest BCUT2D eigenvalue weighted by molar-refractivity contribution is 14.1. The highest BCUT2D eigenvalue weighted by Gasteiger charge is 2.13. The van der Waals surface area contributed by atoms with Crippen LogP contribution in [0.1, 0.15) is 36.9 Å². The van der Waals surface area contributed by atoms with E-state index in [2.05, 4.69) is 66.5 Å². The Labute approximate surface area is 112 Å². The molecule has 0 bridgehead atoms. The molecule has 0 amide bonds. The number of rotatable bonds is 5. The van der Waals surface area contributed by atoms with Gasteiger partial charge in [-0.15, -0.1) is 0 Å². The maximum Gasteiger partial charge on any atom is 0.0365 e. The number of hydrogen-bond acceptors (Lipinski definition) is 1. The van der Waals surface area contributed by atoms with E-state index in [1.54, 1.807) is 0 Å². The van der Waals surface area contributed by atoms with Crippen molar-refractivity contribution in [2.45, 2.75) is 32.7 Å².